The molecule has 0 spiro atoms. The standard InChI is InChI=1S/C13H19NO3/c1-8-6-11-12(17-5-4-16-11)7-10(8)13(14-3)9(2)15/h6-7,9,13-15H,4-5H2,1-3H3. The van der Waals surface area contributed by atoms with Crippen LogP contribution in [0.2, 0.25) is 0 Å². The molecular weight excluding hydrogens is 218 g/mol. The zero-order valence-corrected chi connectivity index (χ0v) is 10.5. The molecule has 0 radical (unpaired) electrons. The van der Waals surface area contributed by atoms with E-state index in [9.17, 15) is 5.11 Å². The zero-order valence-electron chi connectivity index (χ0n) is 10.5. The van der Waals surface area contributed by atoms with E-state index in [4.69, 9.17) is 9.47 Å². The summed E-state index contributed by atoms with van der Waals surface area (Å²) in [6.45, 7) is 4.96. The Hall–Kier alpha value is -1.26. The van der Waals surface area contributed by atoms with E-state index in [-0.39, 0.29) is 6.04 Å². The van der Waals surface area contributed by atoms with E-state index in [1.54, 1.807) is 6.92 Å². The van der Waals surface area contributed by atoms with Crippen molar-refractivity contribution >= 4 is 0 Å². The topological polar surface area (TPSA) is 50.7 Å². The minimum absolute atomic E-state index is 0.0918. The largest absolute Gasteiger partial charge is 0.486 e. The molecule has 1 heterocycles. The fourth-order valence-corrected chi connectivity index (χ4v) is 2.20. The molecule has 1 aromatic carbocycles. The van der Waals surface area contributed by atoms with Crippen LogP contribution in [0.3, 0.4) is 0 Å². The lowest BCUT2D eigenvalue weighted by Gasteiger charge is -2.25. The number of nitrogens with one attached hydrogen (secondary N) is 1. The lowest BCUT2D eigenvalue weighted by Crippen LogP contribution is -2.28. The Morgan fingerprint density at radius 1 is 1.24 bits per heavy atom. The van der Waals surface area contributed by atoms with Crippen molar-refractivity contribution in [1.29, 1.82) is 0 Å². The maximum Gasteiger partial charge on any atom is 0.161 e. The highest BCUT2D eigenvalue weighted by molar-refractivity contribution is 5.49. The van der Waals surface area contributed by atoms with Gasteiger partial charge in [0.15, 0.2) is 11.5 Å². The number of hydrogen-bond donors (Lipinski definition) is 2. The van der Waals surface area contributed by atoms with Crippen LogP contribution >= 0.6 is 0 Å². The number of benzene rings is 1. The van der Waals surface area contributed by atoms with E-state index in [1.165, 1.54) is 0 Å². The van der Waals surface area contributed by atoms with Gasteiger partial charge in [0.05, 0.1) is 12.1 Å². The van der Waals surface area contributed by atoms with Crippen molar-refractivity contribution in [1.82, 2.24) is 5.32 Å². The predicted molar refractivity (Wildman–Crippen MR) is 65.7 cm³/mol. The first-order valence-corrected chi connectivity index (χ1v) is 5.89. The molecule has 2 atom stereocenters. The third-order valence-electron chi connectivity index (χ3n) is 3.06. The van der Waals surface area contributed by atoms with Gasteiger partial charge in [-0.3, -0.25) is 0 Å². The molecular formula is C13H19NO3. The highest BCUT2D eigenvalue weighted by Crippen LogP contribution is 2.35. The highest BCUT2D eigenvalue weighted by atomic mass is 16.6. The summed E-state index contributed by atoms with van der Waals surface area (Å²) < 4.78 is 11.1. The van der Waals surface area contributed by atoms with Crippen LogP contribution in [0.4, 0.5) is 0 Å². The number of aliphatic hydroxyl groups is 1. The van der Waals surface area contributed by atoms with Gasteiger partial charge < -0.3 is 19.9 Å². The van der Waals surface area contributed by atoms with Crippen LogP contribution in [0.15, 0.2) is 12.1 Å². The van der Waals surface area contributed by atoms with E-state index < -0.39 is 6.10 Å². The van der Waals surface area contributed by atoms with Gasteiger partial charge in [0.1, 0.15) is 13.2 Å². The molecule has 0 aromatic heterocycles. The maximum absolute atomic E-state index is 9.76. The number of ether oxygens (including phenoxy) is 2. The molecule has 4 nitrogen and oxygen atoms in total. The smallest absolute Gasteiger partial charge is 0.161 e. The Morgan fingerprint density at radius 3 is 2.35 bits per heavy atom. The Balaban J connectivity index is 2.40. The molecule has 0 saturated heterocycles. The van der Waals surface area contributed by atoms with Gasteiger partial charge >= 0.3 is 0 Å². The van der Waals surface area contributed by atoms with Crippen LogP contribution in [-0.4, -0.2) is 31.5 Å². The average molecular weight is 237 g/mol. The molecule has 1 aliphatic rings. The molecule has 0 aliphatic carbocycles. The van der Waals surface area contributed by atoms with E-state index in [0.717, 1.165) is 22.6 Å². The highest BCUT2D eigenvalue weighted by Gasteiger charge is 2.21. The number of hydrogen-bond acceptors (Lipinski definition) is 4. The molecule has 1 aliphatic heterocycles. The number of rotatable bonds is 3. The van der Waals surface area contributed by atoms with Gasteiger partial charge in [-0.05, 0) is 44.2 Å². The quantitative estimate of drug-likeness (QED) is 0.834. The summed E-state index contributed by atoms with van der Waals surface area (Å²) in [5.41, 5.74) is 2.14. The number of aryl methyl sites for hydroxylation is 1. The van der Waals surface area contributed by atoms with Gasteiger partial charge in [-0.1, -0.05) is 0 Å². The van der Waals surface area contributed by atoms with Gasteiger partial charge in [0.2, 0.25) is 0 Å². The Kier molecular flexibility index (Phi) is 3.54. The summed E-state index contributed by atoms with van der Waals surface area (Å²) in [7, 11) is 1.84. The summed E-state index contributed by atoms with van der Waals surface area (Å²) in [6.07, 6.45) is -0.457. The molecule has 94 valence electrons. The molecule has 1 aromatic rings. The van der Waals surface area contributed by atoms with Crippen molar-refractivity contribution in [2.45, 2.75) is 26.0 Å². The number of likely N-dealkylation sites (N-methyl/N-ethyl adjacent to an activating group) is 1. The van der Waals surface area contributed by atoms with E-state index >= 15 is 0 Å². The van der Waals surface area contributed by atoms with Crippen molar-refractivity contribution in [2.75, 3.05) is 20.3 Å². The normalized spacial score (nSPS) is 17.6. The molecule has 0 bridgehead atoms. The van der Waals surface area contributed by atoms with Crippen LogP contribution < -0.4 is 14.8 Å². The van der Waals surface area contributed by atoms with Crippen molar-refractivity contribution in [3.63, 3.8) is 0 Å². The summed E-state index contributed by atoms with van der Waals surface area (Å²) in [5.74, 6) is 1.55. The van der Waals surface area contributed by atoms with E-state index in [0.29, 0.717) is 13.2 Å². The Bertz CT molecular complexity index is 404. The van der Waals surface area contributed by atoms with E-state index in [1.807, 2.05) is 26.1 Å². The minimum Gasteiger partial charge on any atom is -0.486 e. The first-order valence-electron chi connectivity index (χ1n) is 5.89. The van der Waals surface area contributed by atoms with Crippen LogP contribution in [0.25, 0.3) is 0 Å². The fraction of sp³-hybridized carbons (Fsp3) is 0.538. The third-order valence-corrected chi connectivity index (χ3v) is 3.06. The summed E-state index contributed by atoms with van der Waals surface area (Å²) >= 11 is 0. The number of fused-ring (bicyclic) bond motifs is 1. The first kappa shape index (κ1) is 12.2. The first-order chi connectivity index (χ1) is 8.13. The summed E-state index contributed by atoms with van der Waals surface area (Å²) in [5, 5.41) is 12.9. The zero-order chi connectivity index (χ0) is 12.4. The van der Waals surface area contributed by atoms with Crippen LogP contribution in [0, 0.1) is 6.92 Å². The predicted octanol–water partition coefficient (Wildman–Crippen LogP) is 1.41. The molecule has 2 N–H and O–H groups in total. The number of aliphatic hydroxyl groups excluding tert-OH is 1. The SMILES string of the molecule is CNC(c1cc2c(cc1C)OCCO2)C(C)O. The maximum atomic E-state index is 9.76. The second kappa shape index (κ2) is 4.94. The fourth-order valence-electron chi connectivity index (χ4n) is 2.20. The third kappa shape index (κ3) is 2.37. The molecule has 0 fully saturated rings. The minimum atomic E-state index is -0.457. The Labute approximate surface area is 102 Å². The second-order valence-corrected chi connectivity index (χ2v) is 4.36. The second-order valence-electron chi connectivity index (χ2n) is 4.36. The van der Waals surface area contributed by atoms with E-state index in [2.05, 4.69) is 5.32 Å². The monoisotopic (exact) mass is 237 g/mol. The average Bonchev–Trinajstić information content (AvgIpc) is 2.30. The molecule has 0 amide bonds. The lowest BCUT2D eigenvalue weighted by molar-refractivity contribution is 0.148. The van der Waals surface area contributed by atoms with Gasteiger partial charge in [-0.2, -0.15) is 0 Å². The van der Waals surface area contributed by atoms with Gasteiger partial charge in [0.25, 0.3) is 0 Å². The molecule has 4 heteroatoms. The van der Waals surface area contributed by atoms with Crippen molar-refractivity contribution < 1.29 is 14.6 Å². The summed E-state index contributed by atoms with van der Waals surface area (Å²) in [6, 6.07) is 3.83. The molecule has 17 heavy (non-hydrogen) atoms. The molecule has 2 unspecified atom stereocenters. The van der Waals surface area contributed by atoms with Crippen molar-refractivity contribution in [2.24, 2.45) is 0 Å². The van der Waals surface area contributed by atoms with Crippen molar-refractivity contribution in [3.8, 4) is 11.5 Å². The van der Waals surface area contributed by atoms with Crippen LogP contribution in [0.1, 0.15) is 24.1 Å². The lowest BCUT2D eigenvalue weighted by atomic mass is 9.97. The summed E-state index contributed by atoms with van der Waals surface area (Å²) in [4.78, 5) is 0. The van der Waals surface area contributed by atoms with Crippen molar-refractivity contribution in [3.05, 3.63) is 23.3 Å². The molecule has 0 saturated carbocycles. The van der Waals surface area contributed by atoms with Gasteiger partial charge in [-0.25, -0.2) is 0 Å². The van der Waals surface area contributed by atoms with Gasteiger partial charge in [-0.15, -0.1) is 0 Å². The van der Waals surface area contributed by atoms with Crippen LogP contribution in [-0.2, 0) is 0 Å². The Morgan fingerprint density at radius 2 is 1.82 bits per heavy atom. The van der Waals surface area contributed by atoms with Crippen LogP contribution in [0.5, 0.6) is 11.5 Å². The molecule has 2 rings (SSSR count). The van der Waals surface area contributed by atoms with Gasteiger partial charge in [0, 0.05) is 0 Å².